The molecular weight excluding hydrogens is 286 g/mol. The van der Waals surface area contributed by atoms with E-state index in [1.807, 2.05) is 31.2 Å². The number of rotatable bonds is 6. The van der Waals surface area contributed by atoms with Gasteiger partial charge in [-0.15, -0.1) is 0 Å². The zero-order valence-corrected chi connectivity index (χ0v) is 12.8. The number of nitrogens with zero attached hydrogens (tertiary/aromatic N) is 2. The molecule has 0 spiro atoms. The van der Waals surface area contributed by atoms with Gasteiger partial charge in [-0.2, -0.15) is 4.98 Å². The van der Waals surface area contributed by atoms with Crippen molar-refractivity contribution in [2.24, 2.45) is 5.73 Å². The highest BCUT2D eigenvalue weighted by molar-refractivity contribution is 7.80. The van der Waals surface area contributed by atoms with E-state index in [-0.39, 0.29) is 11.0 Å². The minimum atomic E-state index is 0.222. The first-order chi connectivity index (χ1) is 10.1. The molecule has 1 aromatic heterocycles. The van der Waals surface area contributed by atoms with Crippen molar-refractivity contribution in [1.29, 1.82) is 0 Å². The molecular formula is C15H17N3O2S. The molecule has 0 aliphatic heterocycles. The van der Waals surface area contributed by atoms with Gasteiger partial charge in [-0.05, 0) is 37.1 Å². The van der Waals surface area contributed by atoms with Crippen molar-refractivity contribution in [2.45, 2.75) is 13.3 Å². The third-order valence-electron chi connectivity index (χ3n) is 2.81. The number of hydrogen-bond donors (Lipinski definition) is 1. The van der Waals surface area contributed by atoms with E-state index in [4.69, 9.17) is 27.4 Å². The minimum Gasteiger partial charge on any atom is -0.424 e. The normalized spacial score (nSPS) is 10.4. The highest BCUT2D eigenvalue weighted by Crippen LogP contribution is 2.19. The van der Waals surface area contributed by atoms with Gasteiger partial charge in [0.05, 0.1) is 6.61 Å². The van der Waals surface area contributed by atoms with Crippen LogP contribution in [-0.4, -0.2) is 28.7 Å². The summed E-state index contributed by atoms with van der Waals surface area (Å²) in [6.07, 6.45) is 0.864. The minimum absolute atomic E-state index is 0.222. The van der Waals surface area contributed by atoms with Crippen LogP contribution in [0.3, 0.4) is 0 Å². The molecule has 0 aliphatic carbocycles. The van der Waals surface area contributed by atoms with E-state index >= 15 is 0 Å². The predicted octanol–water partition coefficient (Wildman–Crippen LogP) is 2.40. The third-order valence-corrected chi connectivity index (χ3v) is 3.02. The smallest absolute Gasteiger partial charge is 0.322 e. The number of thiocarbonyl (C=S) groups is 1. The second-order valence-electron chi connectivity index (χ2n) is 4.53. The van der Waals surface area contributed by atoms with E-state index in [2.05, 4.69) is 9.97 Å². The Hall–Kier alpha value is -2.05. The molecule has 1 heterocycles. The molecule has 0 atom stereocenters. The van der Waals surface area contributed by atoms with Gasteiger partial charge in [-0.1, -0.05) is 24.4 Å². The van der Waals surface area contributed by atoms with Crippen LogP contribution in [0.1, 0.15) is 17.0 Å². The zero-order chi connectivity index (χ0) is 15.2. The van der Waals surface area contributed by atoms with Crippen LogP contribution in [0.4, 0.5) is 0 Å². The second-order valence-corrected chi connectivity index (χ2v) is 4.97. The van der Waals surface area contributed by atoms with Crippen LogP contribution in [0.25, 0.3) is 0 Å². The summed E-state index contributed by atoms with van der Waals surface area (Å²) in [6, 6.07) is 9.68. The van der Waals surface area contributed by atoms with Crippen molar-refractivity contribution in [3.8, 4) is 11.8 Å². The summed E-state index contributed by atoms with van der Waals surface area (Å²) >= 11 is 4.92. The Kier molecular flexibility index (Phi) is 5.19. The highest BCUT2D eigenvalue weighted by Gasteiger charge is 2.06. The topological polar surface area (TPSA) is 70.3 Å². The second kappa shape index (κ2) is 7.10. The summed E-state index contributed by atoms with van der Waals surface area (Å²) in [7, 11) is 1.69. The quantitative estimate of drug-likeness (QED) is 0.826. The number of ether oxygens (including phenoxy) is 2. The number of nitrogens with two attached hydrogens (primary N) is 1. The van der Waals surface area contributed by atoms with Gasteiger partial charge in [-0.3, -0.25) is 0 Å². The van der Waals surface area contributed by atoms with Crippen LogP contribution in [-0.2, 0) is 11.2 Å². The standard InChI is InChI=1S/C15H17N3O2S/c1-10-9-13(14(16)21)18-15(17-10)20-12-5-3-11(4-6-12)7-8-19-2/h3-6,9H,7-8H2,1-2H3,(H2,16,21). The van der Waals surface area contributed by atoms with E-state index in [1.54, 1.807) is 13.2 Å². The van der Waals surface area contributed by atoms with Crippen molar-refractivity contribution in [3.63, 3.8) is 0 Å². The molecule has 0 unspecified atom stereocenters. The van der Waals surface area contributed by atoms with Crippen LogP contribution >= 0.6 is 12.2 Å². The Balaban J connectivity index is 2.12. The van der Waals surface area contributed by atoms with Gasteiger partial charge >= 0.3 is 6.01 Å². The highest BCUT2D eigenvalue weighted by atomic mass is 32.1. The molecule has 2 rings (SSSR count). The molecule has 0 saturated carbocycles. The first-order valence-electron chi connectivity index (χ1n) is 6.49. The number of aromatic nitrogens is 2. The van der Waals surface area contributed by atoms with E-state index in [1.165, 1.54) is 5.56 Å². The number of aryl methyl sites for hydroxylation is 1. The fourth-order valence-electron chi connectivity index (χ4n) is 1.76. The molecule has 0 saturated heterocycles. The lowest BCUT2D eigenvalue weighted by molar-refractivity contribution is 0.202. The Morgan fingerprint density at radius 1 is 1.24 bits per heavy atom. The van der Waals surface area contributed by atoms with Crippen LogP contribution < -0.4 is 10.5 Å². The van der Waals surface area contributed by atoms with Gasteiger partial charge in [0.15, 0.2) is 0 Å². The van der Waals surface area contributed by atoms with E-state index < -0.39 is 0 Å². The fraction of sp³-hybridized carbons (Fsp3) is 0.267. The van der Waals surface area contributed by atoms with Gasteiger partial charge in [-0.25, -0.2) is 4.98 Å². The molecule has 0 bridgehead atoms. The summed E-state index contributed by atoms with van der Waals surface area (Å²) in [5.74, 6) is 0.663. The molecule has 2 aromatic rings. The molecule has 1 aromatic carbocycles. The van der Waals surface area contributed by atoms with Crippen LogP contribution in [0.5, 0.6) is 11.8 Å². The van der Waals surface area contributed by atoms with Crippen molar-refractivity contribution in [1.82, 2.24) is 9.97 Å². The van der Waals surface area contributed by atoms with Crippen LogP contribution in [0.15, 0.2) is 30.3 Å². The lowest BCUT2D eigenvalue weighted by atomic mass is 10.1. The first-order valence-corrected chi connectivity index (χ1v) is 6.90. The van der Waals surface area contributed by atoms with Crippen molar-refractivity contribution in [2.75, 3.05) is 13.7 Å². The Bertz CT molecular complexity index is 629. The lowest BCUT2D eigenvalue weighted by Gasteiger charge is -2.07. The molecule has 110 valence electrons. The van der Waals surface area contributed by atoms with Gasteiger partial charge in [0, 0.05) is 12.8 Å². The average molecular weight is 303 g/mol. The first kappa shape index (κ1) is 15.3. The fourth-order valence-corrected chi connectivity index (χ4v) is 1.87. The van der Waals surface area contributed by atoms with Gasteiger partial charge in [0.25, 0.3) is 0 Å². The zero-order valence-electron chi connectivity index (χ0n) is 12.0. The molecule has 6 heteroatoms. The molecule has 0 fully saturated rings. The van der Waals surface area contributed by atoms with Gasteiger partial charge < -0.3 is 15.2 Å². The molecule has 5 nitrogen and oxygen atoms in total. The number of hydrogen-bond acceptors (Lipinski definition) is 5. The SMILES string of the molecule is COCCc1ccc(Oc2nc(C)cc(C(N)=S)n2)cc1. The molecule has 0 radical (unpaired) electrons. The number of methoxy groups -OCH3 is 1. The molecule has 21 heavy (non-hydrogen) atoms. The third kappa shape index (κ3) is 4.47. The maximum atomic E-state index is 5.64. The summed E-state index contributed by atoms with van der Waals surface area (Å²) in [5, 5.41) is 0. The summed E-state index contributed by atoms with van der Waals surface area (Å²) in [6.45, 7) is 2.53. The number of benzene rings is 1. The maximum absolute atomic E-state index is 5.64. The van der Waals surface area contributed by atoms with E-state index in [0.29, 0.717) is 18.1 Å². The summed E-state index contributed by atoms with van der Waals surface area (Å²) in [5.41, 5.74) is 8.02. The largest absolute Gasteiger partial charge is 0.424 e. The lowest BCUT2D eigenvalue weighted by Crippen LogP contribution is -2.13. The van der Waals surface area contributed by atoms with Crippen molar-refractivity contribution >= 4 is 17.2 Å². The monoisotopic (exact) mass is 303 g/mol. The van der Waals surface area contributed by atoms with E-state index in [0.717, 1.165) is 12.1 Å². The van der Waals surface area contributed by atoms with Gasteiger partial charge in [0.2, 0.25) is 0 Å². The summed E-state index contributed by atoms with van der Waals surface area (Å²) in [4.78, 5) is 8.62. The van der Waals surface area contributed by atoms with E-state index in [9.17, 15) is 0 Å². The van der Waals surface area contributed by atoms with Crippen molar-refractivity contribution < 1.29 is 9.47 Å². The molecule has 0 amide bonds. The molecule has 2 N–H and O–H groups in total. The average Bonchev–Trinajstić information content (AvgIpc) is 2.46. The Morgan fingerprint density at radius 3 is 2.57 bits per heavy atom. The van der Waals surface area contributed by atoms with Gasteiger partial charge in [0.1, 0.15) is 16.4 Å². The summed E-state index contributed by atoms with van der Waals surface area (Å²) < 4.78 is 10.7. The Morgan fingerprint density at radius 2 is 1.95 bits per heavy atom. The molecule has 0 aliphatic rings. The van der Waals surface area contributed by atoms with Crippen LogP contribution in [0, 0.1) is 6.92 Å². The predicted molar refractivity (Wildman–Crippen MR) is 84.8 cm³/mol. The maximum Gasteiger partial charge on any atom is 0.322 e. The Labute approximate surface area is 129 Å². The van der Waals surface area contributed by atoms with Crippen molar-refractivity contribution in [3.05, 3.63) is 47.3 Å². The van der Waals surface area contributed by atoms with Crippen LogP contribution in [0.2, 0.25) is 0 Å².